The second-order valence-corrected chi connectivity index (χ2v) is 3.90. The minimum absolute atomic E-state index is 0.116. The Labute approximate surface area is 87.9 Å². The van der Waals surface area contributed by atoms with E-state index in [-0.39, 0.29) is 11.9 Å². The Balaban J connectivity index is 1.93. The van der Waals surface area contributed by atoms with E-state index in [9.17, 15) is 9.90 Å². The Hall–Kier alpha value is -1.36. The first-order valence-electron chi connectivity index (χ1n) is 5.25. The van der Waals surface area contributed by atoms with E-state index in [1.165, 1.54) is 6.20 Å². The lowest BCUT2D eigenvalue weighted by Gasteiger charge is -2.28. The highest BCUT2D eigenvalue weighted by molar-refractivity contribution is 5.92. The molecule has 5 heteroatoms. The van der Waals surface area contributed by atoms with E-state index in [4.69, 9.17) is 0 Å². The van der Waals surface area contributed by atoms with Gasteiger partial charge in [0.2, 0.25) is 0 Å². The molecule has 1 amide bonds. The topological polar surface area (TPSA) is 78.0 Å². The van der Waals surface area contributed by atoms with Crippen molar-refractivity contribution in [2.24, 2.45) is 0 Å². The number of rotatable bonds is 2. The molecule has 1 aliphatic rings. The van der Waals surface area contributed by atoms with E-state index < -0.39 is 6.10 Å². The zero-order chi connectivity index (χ0) is 10.7. The smallest absolute Gasteiger partial charge is 0.269 e. The van der Waals surface area contributed by atoms with Gasteiger partial charge in [-0.1, -0.05) is 12.8 Å². The zero-order valence-electron chi connectivity index (χ0n) is 8.44. The lowest BCUT2D eigenvalue weighted by Crippen LogP contribution is -2.45. The van der Waals surface area contributed by atoms with E-state index in [2.05, 4.69) is 15.5 Å². The van der Waals surface area contributed by atoms with Gasteiger partial charge in [-0.05, 0) is 18.9 Å². The highest BCUT2D eigenvalue weighted by Crippen LogP contribution is 2.18. The number of amides is 1. The number of hydrogen-bond acceptors (Lipinski definition) is 3. The summed E-state index contributed by atoms with van der Waals surface area (Å²) in [5.74, 6) is -0.196. The predicted octanol–water partition coefficient (Wildman–Crippen LogP) is 0.443. The first kappa shape index (κ1) is 10.2. The number of carbonyl (C=O) groups excluding carboxylic acids is 1. The fourth-order valence-electron chi connectivity index (χ4n) is 1.91. The molecule has 0 spiro atoms. The molecule has 0 aromatic carbocycles. The van der Waals surface area contributed by atoms with Crippen molar-refractivity contribution in [3.05, 3.63) is 18.0 Å². The predicted molar refractivity (Wildman–Crippen MR) is 54.3 cm³/mol. The first-order valence-corrected chi connectivity index (χ1v) is 5.25. The molecule has 15 heavy (non-hydrogen) atoms. The molecule has 1 aromatic heterocycles. The maximum absolute atomic E-state index is 11.6. The van der Waals surface area contributed by atoms with E-state index >= 15 is 0 Å². The summed E-state index contributed by atoms with van der Waals surface area (Å²) in [6.07, 6.45) is 4.84. The molecule has 3 N–H and O–H groups in total. The maximum Gasteiger partial charge on any atom is 0.269 e. The molecular weight excluding hydrogens is 194 g/mol. The van der Waals surface area contributed by atoms with Crippen LogP contribution >= 0.6 is 0 Å². The van der Waals surface area contributed by atoms with Crippen LogP contribution in [-0.2, 0) is 0 Å². The van der Waals surface area contributed by atoms with E-state index in [1.807, 2.05) is 0 Å². The summed E-state index contributed by atoms with van der Waals surface area (Å²) < 4.78 is 0. The number of nitrogens with zero attached hydrogens (tertiary/aromatic N) is 1. The van der Waals surface area contributed by atoms with Gasteiger partial charge in [-0.3, -0.25) is 9.89 Å². The molecule has 0 aliphatic heterocycles. The van der Waals surface area contributed by atoms with Crippen LogP contribution in [0.1, 0.15) is 36.2 Å². The van der Waals surface area contributed by atoms with Crippen LogP contribution in [0.2, 0.25) is 0 Å². The third-order valence-corrected chi connectivity index (χ3v) is 2.79. The van der Waals surface area contributed by atoms with E-state index in [0.29, 0.717) is 5.69 Å². The number of aromatic nitrogens is 2. The minimum Gasteiger partial charge on any atom is -0.391 e. The van der Waals surface area contributed by atoms with Crippen LogP contribution in [0.25, 0.3) is 0 Å². The van der Waals surface area contributed by atoms with Gasteiger partial charge in [0.25, 0.3) is 5.91 Å². The number of hydrogen-bond donors (Lipinski definition) is 3. The second kappa shape index (κ2) is 4.44. The zero-order valence-corrected chi connectivity index (χ0v) is 8.44. The summed E-state index contributed by atoms with van der Waals surface area (Å²) in [6.45, 7) is 0. The average Bonchev–Trinajstić information content (AvgIpc) is 2.74. The Morgan fingerprint density at radius 3 is 3.00 bits per heavy atom. The van der Waals surface area contributed by atoms with Crippen molar-refractivity contribution >= 4 is 5.91 Å². The summed E-state index contributed by atoms with van der Waals surface area (Å²) in [6, 6.07) is 1.50. The van der Waals surface area contributed by atoms with Gasteiger partial charge in [-0.15, -0.1) is 0 Å². The Morgan fingerprint density at radius 1 is 1.53 bits per heavy atom. The van der Waals surface area contributed by atoms with Crippen LogP contribution in [-0.4, -0.2) is 33.4 Å². The van der Waals surface area contributed by atoms with Gasteiger partial charge in [0.05, 0.1) is 12.1 Å². The van der Waals surface area contributed by atoms with Gasteiger partial charge in [0, 0.05) is 6.20 Å². The van der Waals surface area contributed by atoms with Gasteiger partial charge >= 0.3 is 0 Å². The molecule has 1 fully saturated rings. The number of aromatic amines is 1. The molecule has 1 saturated carbocycles. The molecule has 0 bridgehead atoms. The van der Waals surface area contributed by atoms with Crippen LogP contribution in [0.5, 0.6) is 0 Å². The standard InChI is InChI=1S/C10H15N3O2/c14-9-4-2-1-3-7(9)12-10(15)8-5-6-11-13-8/h5-7,9,14H,1-4H2,(H,11,13)(H,12,15)/t7-,9-/m1/s1. The van der Waals surface area contributed by atoms with Crippen LogP contribution in [0.4, 0.5) is 0 Å². The molecule has 0 unspecified atom stereocenters. The quantitative estimate of drug-likeness (QED) is 0.661. The summed E-state index contributed by atoms with van der Waals surface area (Å²) >= 11 is 0. The minimum atomic E-state index is -0.411. The van der Waals surface area contributed by atoms with E-state index in [0.717, 1.165) is 25.7 Å². The number of nitrogens with one attached hydrogen (secondary N) is 2. The number of aliphatic hydroxyl groups is 1. The Kier molecular flexibility index (Phi) is 3.01. The summed E-state index contributed by atoms with van der Waals surface area (Å²) in [5.41, 5.74) is 0.438. The monoisotopic (exact) mass is 209 g/mol. The summed E-state index contributed by atoms with van der Waals surface area (Å²) in [5, 5.41) is 18.8. The number of H-pyrrole nitrogens is 1. The molecule has 1 heterocycles. The largest absolute Gasteiger partial charge is 0.391 e. The third-order valence-electron chi connectivity index (χ3n) is 2.79. The van der Waals surface area contributed by atoms with Crippen LogP contribution < -0.4 is 5.32 Å². The fourth-order valence-corrected chi connectivity index (χ4v) is 1.91. The van der Waals surface area contributed by atoms with Crippen molar-refractivity contribution in [1.29, 1.82) is 0 Å². The molecule has 5 nitrogen and oxygen atoms in total. The van der Waals surface area contributed by atoms with Crippen molar-refractivity contribution in [1.82, 2.24) is 15.5 Å². The average molecular weight is 209 g/mol. The normalized spacial score (nSPS) is 26.2. The van der Waals surface area contributed by atoms with Crippen molar-refractivity contribution in [3.63, 3.8) is 0 Å². The maximum atomic E-state index is 11.6. The summed E-state index contributed by atoms with van der Waals surface area (Å²) in [7, 11) is 0. The number of carbonyl (C=O) groups is 1. The lowest BCUT2D eigenvalue weighted by molar-refractivity contribution is 0.0714. The highest BCUT2D eigenvalue weighted by atomic mass is 16.3. The van der Waals surface area contributed by atoms with Gasteiger partial charge in [0.1, 0.15) is 5.69 Å². The molecule has 1 aliphatic carbocycles. The van der Waals surface area contributed by atoms with Gasteiger partial charge in [0.15, 0.2) is 0 Å². The van der Waals surface area contributed by atoms with Crippen molar-refractivity contribution in [2.45, 2.75) is 37.8 Å². The fraction of sp³-hybridized carbons (Fsp3) is 0.600. The van der Waals surface area contributed by atoms with Crippen molar-refractivity contribution < 1.29 is 9.90 Å². The van der Waals surface area contributed by atoms with Crippen LogP contribution in [0, 0.1) is 0 Å². The molecule has 1 aromatic rings. The molecule has 2 atom stereocenters. The van der Waals surface area contributed by atoms with Crippen molar-refractivity contribution in [2.75, 3.05) is 0 Å². The molecule has 0 saturated heterocycles. The SMILES string of the molecule is O=C(N[C@@H]1CCCC[C@H]1O)c1ccn[nH]1. The van der Waals surface area contributed by atoms with Gasteiger partial charge in [-0.25, -0.2) is 0 Å². The Bertz CT molecular complexity index is 323. The first-order chi connectivity index (χ1) is 7.27. The third kappa shape index (κ3) is 2.36. The van der Waals surface area contributed by atoms with Crippen molar-refractivity contribution in [3.8, 4) is 0 Å². The summed E-state index contributed by atoms with van der Waals surface area (Å²) in [4.78, 5) is 11.6. The van der Waals surface area contributed by atoms with E-state index in [1.54, 1.807) is 6.07 Å². The second-order valence-electron chi connectivity index (χ2n) is 3.90. The lowest BCUT2D eigenvalue weighted by atomic mass is 9.92. The van der Waals surface area contributed by atoms with Gasteiger partial charge < -0.3 is 10.4 Å². The van der Waals surface area contributed by atoms with Gasteiger partial charge in [-0.2, -0.15) is 5.10 Å². The Morgan fingerprint density at radius 2 is 2.33 bits per heavy atom. The van der Waals surface area contributed by atoms with Crippen LogP contribution in [0.3, 0.4) is 0 Å². The highest BCUT2D eigenvalue weighted by Gasteiger charge is 2.24. The molecule has 0 radical (unpaired) electrons. The molecular formula is C10H15N3O2. The number of aliphatic hydroxyl groups excluding tert-OH is 1. The molecule has 2 rings (SSSR count). The van der Waals surface area contributed by atoms with Crippen LogP contribution in [0.15, 0.2) is 12.3 Å². The molecule has 82 valence electrons.